The van der Waals surface area contributed by atoms with Crippen LogP contribution < -0.4 is 5.32 Å². The van der Waals surface area contributed by atoms with Gasteiger partial charge in [0, 0.05) is 35.3 Å². The Hall–Kier alpha value is -2.77. The molecule has 1 aliphatic carbocycles. The second-order valence-corrected chi connectivity index (χ2v) is 8.27. The quantitative estimate of drug-likeness (QED) is 0.705. The Labute approximate surface area is 173 Å². The summed E-state index contributed by atoms with van der Waals surface area (Å²) in [4.78, 5) is 12.7. The van der Waals surface area contributed by atoms with Gasteiger partial charge >= 0.3 is 6.09 Å². The number of hydrogen-bond acceptors (Lipinski definition) is 3. The van der Waals surface area contributed by atoms with E-state index in [1.165, 1.54) is 0 Å². The first-order chi connectivity index (χ1) is 13.8. The highest BCUT2D eigenvalue weighted by Crippen LogP contribution is 2.28. The fraction of sp³-hybridized carbons (Fsp3) is 0.400. The first-order valence-electron chi connectivity index (χ1n) is 10.1. The molecule has 2 aromatic rings. The summed E-state index contributed by atoms with van der Waals surface area (Å²) < 4.78 is 11.5. The van der Waals surface area contributed by atoms with E-state index in [0.29, 0.717) is 19.4 Å². The summed E-state index contributed by atoms with van der Waals surface area (Å²) in [6, 6.07) is 15.9. The molecule has 0 fully saturated rings. The molecule has 0 aliphatic heterocycles. The number of amides is 1. The van der Waals surface area contributed by atoms with Crippen molar-refractivity contribution in [2.75, 3.05) is 6.61 Å². The molecule has 0 saturated heterocycles. The molecule has 4 nitrogen and oxygen atoms in total. The molecule has 0 bridgehead atoms. The van der Waals surface area contributed by atoms with E-state index in [1.807, 2.05) is 76.2 Å². The normalized spacial score (nSPS) is 15.3. The van der Waals surface area contributed by atoms with E-state index < -0.39 is 17.7 Å². The molecule has 1 unspecified atom stereocenters. The van der Waals surface area contributed by atoms with Gasteiger partial charge in [0.15, 0.2) is 0 Å². The third-order valence-corrected chi connectivity index (χ3v) is 4.93. The van der Waals surface area contributed by atoms with Crippen LogP contribution in [-0.4, -0.2) is 24.3 Å². The van der Waals surface area contributed by atoms with E-state index in [-0.39, 0.29) is 6.10 Å². The maximum atomic E-state index is 12.7. The molecule has 0 saturated carbocycles. The van der Waals surface area contributed by atoms with Crippen molar-refractivity contribution in [2.24, 2.45) is 0 Å². The molecule has 0 spiro atoms. The molecule has 1 N–H and O–H groups in total. The number of carbonyl (C=O) groups excluding carboxylic acids is 1. The predicted octanol–water partition coefficient (Wildman–Crippen LogP) is 5.00. The summed E-state index contributed by atoms with van der Waals surface area (Å²) in [5.74, 6) is 6.48. The Bertz CT molecular complexity index is 921. The van der Waals surface area contributed by atoms with Crippen molar-refractivity contribution < 1.29 is 14.3 Å². The number of carbonyl (C=O) groups is 1. The van der Waals surface area contributed by atoms with Crippen molar-refractivity contribution in [3.8, 4) is 11.8 Å². The van der Waals surface area contributed by atoms with Gasteiger partial charge in [-0.05, 0) is 51.8 Å². The number of hydrogen-bond donors (Lipinski definition) is 1. The van der Waals surface area contributed by atoms with E-state index in [0.717, 1.165) is 22.3 Å². The van der Waals surface area contributed by atoms with E-state index in [2.05, 4.69) is 17.2 Å². The zero-order chi connectivity index (χ0) is 20.9. The highest BCUT2D eigenvalue weighted by Gasteiger charge is 2.26. The molecule has 29 heavy (non-hydrogen) atoms. The fourth-order valence-electron chi connectivity index (χ4n) is 3.31. The SMILES string of the molecule is CC(C)OCCC(C)(C)NC(=O)OC1Cc2ccccc2C#Cc2ccccc21. The van der Waals surface area contributed by atoms with Crippen LogP contribution in [0.5, 0.6) is 0 Å². The number of benzene rings is 2. The van der Waals surface area contributed by atoms with Crippen LogP contribution in [0.3, 0.4) is 0 Å². The third-order valence-electron chi connectivity index (χ3n) is 4.93. The summed E-state index contributed by atoms with van der Waals surface area (Å²) in [7, 11) is 0. The van der Waals surface area contributed by atoms with Crippen molar-refractivity contribution >= 4 is 6.09 Å². The van der Waals surface area contributed by atoms with Gasteiger partial charge in [0.05, 0.1) is 6.10 Å². The summed E-state index contributed by atoms with van der Waals surface area (Å²) in [6.07, 6.45) is 0.641. The summed E-state index contributed by atoms with van der Waals surface area (Å²) in [6.45, 7) is 8.54. The standard InChI is InChI=1S/C25H29NO3/c1-18(2)28-16-15-25(3,4)26-24(27)29-23-17-21-11-6-5-9-19(21)13-14-20-10-7-8-12-22(20)23/h5-12,18,23H,15-17H2,1-4H3,(H,26,27). The maximum Gasteiger partial charge on any atom is 0.408 e. The first-order valence-corrected chi connectivity index (χ1v) is 10.1. The van der Waals surface area contributed by atoms with Crippen LogP contribution in [0.4, 0.5) is 4.79 Å². The smallest absolute Gasteiger partial charge is 0.408 e. The van der Waals surface area contributed by atoms with Gasteiger partial charge in [-0.15, -0.1) is 0 Å². The molecule has 2 aromatic carbocycles. The van der Waals surface area contributed by atoms with Crippen LogP contribution in [0.1, 0.15) is 62.5 Å². The summed E-state index contributed by atoms with van der Waals surface area (Å²) in [5, 5.41) is 2.99. The lowest BCUT2D eigenvalue weighted by molar-refractivity contribution is 0.0579. The second kappa shape index (κ2) is 9.15. The van der Waals surface area contributed by atoms with Crippen LogP contribution in [0, 0.1) is 11.8 Å². The van der Waals surface area contributed by atoms with Gasteiger partial charge in [-0.25, -0.2) is 4.79 Å². The summed E-state index contributed by atoms with van der Waals surface area (Å²) in [5.41, 5.74) is 3.46. The fourth-order valence-corrected chi connectivity index (χ4v) is 3.31. The molecule has 4 heteroatoms. The molecule has 3 rings (SSSR count). The van der Waals surface area contributed by atoms with Gasteiger partial charge in [-0.3, -0.25) is 0 Å². The van der Waals surface area contributed by atoms with Gasteiger partial charge in [-0.1, -0.05) is 48.2 Å². The minimum atomic E-state index is -0.426. The highest BCUT2D eigenvalue weighted by atomic mass is 16.6. The van der Waals surface area contributed by atoms with Crippen LogP contribution in [-0.2, 0) is 15.9 Å². The van der Waals surface area contributed by atoms with Gasteiger partial charge < -0.3 is 14.8 Å². The van der Waals surface area contributed by atoms with Crippen LogP contribution in [0.2, 0.25) is 0 Å². The Morgan fingerprint density at radius 2 is 1.76 bits per heavy atom. The molecule has 152 valence electrons. The number of rotatable bonds is 6. The van der Waals surface area contributed by atoms with Crippen molar-refractivity contribution in [3.63, 3.8) is 0 Å². The van der Waals surface area contributed by atoms with Gasteiger partial charge in [-0.2, -0.15) is 0 Å². The average Bonchev–Trinajstić information content (AvgIpc) is 2.64. The van der Waals surface area contributed by atoms with Crippen LogP contribution >= 0.6 is 0 Å². The Balaban J connectivity index is 1.76. The average molecular weight is 392 g/mol. The highest BCUT2D eigenvalue weighted by molar-refractivity contribution is 5.69. The number of fused-ring (bicyclic) bond motifs is 2. The van der Waals surface area contributed by atoms with Crippen LogP contribution in [0.25, 0.3) is 0 Å². The predicted molar refractivity (Wildman–Crippen MR) is 115 cm³/mol. The Kier molecular flexibility index (Phi) is 6.61. The Morgan fingerprint density at radius 1 is 1.10 bits per heavy atom. The van der Waals surface area contributed by atoms with Gasteiger partial charge in [0.1, 0.15) is 6.10 Å². The number of alkyl carbamates (subject to hydrolysis) is 1. The van der Waals surface area contributed by atoms with E-state index in [4.69, 9.17) is 9.47 Å². The lowest BCUT2D eigenvalue weighted by atomic mass is 9.92. The molecule has 1 amide bonds. The maximum absolute atomic E-state index is 12.7. The number of nitrogens with one attached hydrogen (secondary N) is 1. The van der Waals surface area contributed by atoms with Crippen molar-refractivity contribution in [1.29, 1.82) is 0 Å². The van der Waals surface area contributed by atoms with Crippen molar-refractivity contribution in [3.05, 3.63) is 70.8 Å². The minimum absolute atomic E-state index is 0.172. The van der Waals surface area contributed by atoms with E-state index in [9.17, 15) is 4.79 Å². The topological polar surface area (TPSA) is 47.6 Å². The van der Waals surface area contributed by atoms with Gasteiger partial charge in [0.2, 0.25) is 0 Å². The lowest BCUT2D eigenvalue weighted by Crippen LogP contribution is -2.45. The van der Waals surface area contributed by atoms with Gasteiger partial charge in [0.25, 0.3) is 0 Å². The van der Waals surface area contributed by atoms with E-state index >= 15 is 0 Å². The Morgan fingerprint density at radius 3 is 2.52 bits per heavy atom. The largest absolute Gasteiger partial charge is 0.441 e. The zero-order valence-electron chi connectivity index (χ0n) is 17.6. The monoisotopic (exact) mass is 391 g/mol. The van der Waals surface area contributed by atoms with Crippen LogP contribution in [0.15, 0.2) is 48.5 Å². The van der Waals surface area contributed by atoms with E-state index in [1.54, 1.807) is 0 Å². The second-order valence-electron chi connectivity index (χ2n) is 8.27. The molecular formula is C25H29NO3. The lowest BCUT2D eigenvalue weighted by Gasteiger charge is -2.28. The first kappa shape index (κ1) is 21.0. The molecule has 0 radical (unpaired) electrons. The van der Waals surface area contributed by atoms with Crippen molar-refractivity contribution in [2.45, 2.75) is 58.3 Å². The third kappa shape index (κ3) is 5.85. The minimum Gasteiger partial charge on any atom is -0.441 e. The molecule has 1 aliphatic rings. The molecule has 0 heterocycles. The molecule has 0 aromatic heterocycles. The zero-order valence-corrected chi connectivity index (χ0v) is 17.6. The molecule has 1 atom stereocenters. The molecular weight excluding hydrogens is 362 g/mol. The van der Waals surface area contributed by atoms with Crippen molar-refractivity contribution in [1.82, 2.24) is 5.32 Å². The summed E-state index contributed by atoms with van der Waals surface area (Å²) >= 11 is 0. The number of ether oxygens (including phenoxy) is 2.